The van der Waals surface area contributed by atoms with Gasteiger partial charge in [-0.15, -0.1) is 0 Å². The molecule has 1 amide bonds. The Morgan fingerprint density at radius 1 is 1.29 bits per heavy atom. The minimum Gasteiger partial charge on any atom is -0.444 e. The van der Waals surface area contributed by atoms with Crippen LogP contribution in [0.25, 0.3) is 0 Å². The molecule has 0 bridgehead atoms. The first-order valence-electron chi connectivity index (χ1n) is 6.82. The van der Waals surface area contributed by atoms with Gasteiger partial charge in [-0.25, -0.2) is 13.6 Å². The second kappa shape index (κ2) is 7.93. The van der Waals surface area contributed by atoms with Gasteiger partial charge in [-0.3, -0.25) is 0 Å². The summed E-state index contributed by atoms with van der Waals surface area (Å²) in [6.45, 7) is 6.78. The topological polar surface area (TPSA) is 50.4 Å². The number of ether oxygens (including phenoxy) is 1. The van der Waals surface area contributed by atoms with Crippen molar-refractivity contribution in [1.82, 2.24) is 10.6 Å². The van der Waals surface area contributed by atoms with Crippen LogP contribution in [-0.2, 0) is 11.3 Å². The van der Waals surface area contributed by atoms with Gasteiger partial charge < -0.3 is 15.4 Å². The second-order valence-corrected chi connectivity index (χ2v) is 5.65. The zero-order valence-electron chi connectivity index (χ0n) is 12.6. The molecule has 0 atom stereocenters. The number of carbonyl (C=O) groups excluding carboxylic acids is 1. The third kappa shape index (κ3) is 7.60. The number of nitrogens with one attached hydrogen (secondary N) is 2. The Balaban J connectivity index is 2.23. The average molecular weight is 300 g/mol. The Labute approximate surface area is 123 Å². The minimum absolute atomic E-state index is 0.0150. The standard InChI is InChI=1S/C15H22F2N2O2/c1-15(2,3)21-14(20)19-8-7-18-10-11-5-4-6-12(9-11)13(16)17/h4-6,9,13,18H,7-8,10H2,1-3H3,(H,19,20). The Morgan fingerprint density at radius 3 is 2.62 bits per heavy atom. The molecule has 4 nitrogen and oxygen atoms in total. The van der Waals surface area contributed by atoms with E-state index in [-0.39, 0.29) is 5.56 Å². The lowest BCUT2D eigenvalue weighted by molar-refractivity contribution is 0.0528. The smallest absolute Gasteiger partial charge is 0.407 e. The SMILES string of the molecule is CC(C)(C)OC(=O)NCCNCc1cccc(C(F)F)c1. The van der Waals surface area contributed by atoms with Crippen LogP contribution >= 0.6 is 0 Å². The van der Waals surface area contributed by atoms with Gasteiger partial charge in [0.1, 0.15) is 5.60 Å². The van der Waals surface area contributed by atoms with Crippen LogP contribution in [0.4, 0.5) is 13.6 Å². The summed E-state index contributed by atoms with van der Waals surface area (Å²) in [7, 11) is 0. The van der Waals surface area contributed by atoms with Gasteiger partial charge >= 0.3 is 6.09 Å². The lowest BCUT2D eigenvalue weighted by atomic mass is 10.1. The summed E-state index contributed by atoms with van der Waals surface area (Å²) in [6, 6.07) is 6.26. The van der Waals surface area contributed by atoms with Gasteiger partial charge in [-0.1, -0.05) is 18.2 Å². The number of benzene rings is 1. The molecule has 1 aromatic rings. The van der Waals surface area contributed by atoms with Crippen molar-refractivity contribution < 1.29 is 18.3 Å². The Morgan fingerprint density at radius 2 is 2.00 bits per heavy atom. The predicted octanol–water partition coefficient (Wildman–Crippen LogP) is 3.24. The average Bonchev–Trinajstić information content (AvgIpc) is 2.36. The van der Waals surface area contributed by atoms with Gasteiger partial charge in [0.25, 0.3) is 6.43 Å². The van der Waals surface area contributed by atoms with Crippen LogP contribution in [0, 0.1) is 0 Å². The first-order valence-corrected chi connectivity index (χ1v) is 6.82. The van der Waals surface area contributed by atoms with E-state index in [0.717, 1.165) is 5.56 Å². The molecule has 0 saturated carbocycles. The molecule has 0 radical (unpaired) electrons. The molecule has 118 valence electrons. The Hall–Kier alpha value is -1.69. The van der Waals surface area contributed by atoms with E-state index in [1.54, 1.807) is 32.9 Å². The monoisotopic (exact) mass is 300 g/mol. The van der Waals surface area contributed by atoms with Crippen LogP contribution in [0.3, 0.4) is 0 Å². The molecule has 1 rings (SSSR count). The number of halogens is 2. The molecule has 0 saturated heterocycles. The lowest BCUT2D eigenvalue weighted by Gasteiger charge is -2.19. The molecule has 2 N–H and O–H groups in total. The van der Waals surface area contributed by atoms with Crippen LogP contribution in [0.5, 0.6) is 0 Å². The highest BCUT2D eigenvalue weighted by molar-refractivity contribution is 5.67. The van der Waals surface area contributed by atoms with Crippen LogP contribution < -0.4 is 10.6 Å². The number of hydrogen-bond acceptors (Lipinski definition) is 3. The molecular weight excluding hydrogens is 278 g/mol. The molecule has 0 aliphatic rings. The summed E-state index contributed by atoms with van der Waals surface area (Å²) in [6.07, 6.45) is -2.93. The van der Waals surface area contributed by atoms with Gasteiger partial charge in [0, 0.05) is 25.2 Å². The number of hydrogen-bond donors (Lipinski definition) is 2. The molecule has 0 aliphatic carbocycles. The van der Waals surface area contributed by atoms with Crippen LogP contribution in [0.15, 0.2) is 24.3 Å². The number of alkyl halides is 2. The van der Waals surface area contributed by atoms with Crippen molar-refractivity contribution in [2.24, 2.45) is 0 Å². The molecular formula is C15H22F2N2O2. The summed E-state index contributed by atoms with van der Waals surface area (Å²) in [5, 5.41) is 5.68. The van der Waals surface area contributed by atoms with Crippen molar-refractivity contribution in [3.63, 3.8) is 0 Å². The van der Waals surface area contributed by atoms with Crippen LogP contribution in [0.2, 0.25) is 0 Å². The largest absolute Gasteiger partial charge is 0.444 e. The maximum atomic E-state index is 12.5. The number of rotatable bonds is 6. The maximum Gasteiger partial charge on any atom is 0.407 e. The fourth-order valence-electron chi connectivity index (χ4n) is 1.64. The van der Waals surface area contributed by atoms with Crippen molar-refractivity contribution >= 4 is 6.09 Å². The fraction of sp³-hybridized carbons (Fsp3) is 0.533. The maximum absolute atomic E-state index is 12.5. The van der Waals surface area contributed by atoms with E-state index < -0.39 is 18.1 Å². The molecule has 0 aliphatic heterocycles. The van der Waals surface area contributed by atoms with Crippen molar-refractivity contribution in [2.75, 3.05) is 13.1 Å². The summed E-state index contributed by atoms with van der Waals surface area (Å²) in [5.74, 6) is 0. The van der Waals surface area contributed by atoms with Crippen molar-refractivity contribution in [2.45, 2.75) is 39.3 Å². The second-order valence-electron chi connectivity index (χ2n) is 5.65. The molecule has 0 spiro atoms. The summed E-state index contributed by atoms with van der Waals surface area (Å²) < 4.78 is 30.1. The van der Waals surface area contributed by atoms with Gasteiger partial charge in [-0.05, 0) is 32.4 Å². The predicted molar refractivity (Wildman–Crippen MR) is 77.3 cm³/mol. The van der Waals surface area contributed by atoms with E-state index in [1.807, 2.05) is 0 Å². The van der Waals surface area contributed by atoms with E-state index in [0.29, 0.717) is 19.6 Å². The van der Waals surface area contributed by atoms with Crippen molar-refractivity contribution in [1.29, 1.82) is 0 Å². The highest BCUT2D eigenvalue weighted by atomic mass is 19.3. The Kier molecular flexibility index (Phi) is 6.55. The third-order valence-corrected chi connectivity index (χ3v) is 2.50. The van der Waals surface area contributed by atoms with E-state index in [2.05, 4.69) is 10.6 Å². The molecule has 0 fully saturated rings. The van der Waals surface area contributed by atoms with Gasteiger partial charge in [0.15, 0.2) is 0 Å². The van der Waals surface area contributed by atoms with Crippen molar-refractivity contribution in [3.05, 3.63) is 35.4 Å². The van der Waals surface area contributed by atoms with E-state index in [4.69, 9.17) is 4.74 Å². The number of carbonyl (C=O) groups is 1. The highest BCUT2D eigenvalue weighted by Crippen LogP contribution is 2.19. The quantitative estimate of drug-likeness (QED) is 0.793. The molecule has 6 heteroatoms. The molecule has 0 heterocycles. The number of amides is 1. The normalized spacial score (nSPS) is 11.5. The first kappa shape index (κ1) is 17.4. The lowest BCUT2D eigenvalue weighted by Crippen LogP contribution is -2.36. The van der Waals surface area contributed by atoms with Crippen LogP contribution in [-0.4, -0.2) is 24.8 Å². The summed E-state index contributed by atoms with van der Waals surface area (Å²) >= 11 is 0. The van der Waals surface area contributed by atoms with Crippen molar-refractivity contribution in [3.8, 4) is 0 Å². The summed E-state index contributed by atoms with van der Waals surface area (Å²) in [5.41, 5.74) is 0.277. The first-order chi connectivity index (χ1) is 9.78. The van der Waals surface area contributed by atoms with Gasteiger partial charge in [0.05, 0.1) is 0 Å². The van der Waals surface area contributed by atoms with E-state index >= 15 is 0 Å². The van der Waals surface area contributed by atoms with Crippen LogP contribution in [0.1, 0.15) is 38.3 Å². The van der Waals surface area contributed by atoms with Gasteiger partial charge in [0.2, 0.25) is 0 Å². The minimum atomic E-state index is -2.46. The Bertz CT molecular complexity index is 459. The highest BCUT2D eigenvalue weighted by Gasteiger charge is 2.15. The third-order valence-electron chi connectivity index (χ3n) is 2.50. The molecule has 0 aromatic heterocycles. The summed E-state index contributed by atoms with van der Waals surface area (Å²) in [4.78, 5) is 11.4. The number of alkyl carbamates (subject to hydrolysis) is 1. The van der Waals surface area contributed by atoms with Gasteiger partial charge in [-0.2, -0.15) is 0 Å². The molecule has 1 aromatic carbocycles. The van der Waals surface area contributed by atoms with E-state index in [9.17, 15) is 13.6 Å². The zero-order chi connectivity index (χ0) is 15.9. The zero-order valence-corrected chi connectivity index (χ0v) is 12.6. The molecule has 21 heavy (non-hydrogen) atoms. The molecule has 0 unspecified atom stereocenters. The van der Waals surface area contributed by atoms with E-state index in [1.165, 1.54) is 12.1 Å². The fourth-order valence-corrected chi connectivity index (χ4v) is 1.64.